The van der Waals surface area contributed by atoms with Crippen LogP contribution in [0.25, 0.3) is 10.9 Å². The number of rotatable bonds is 8. The fourth-order valence-electron chi connectivity index (χ4n) is 4.88. The molecule has 1 N–H and O–H groups in total. The Morgan fingerprint density at radius 2 is 1.63 bits per heavy atom. The second-order valence-corrected chi connectivity index (χ2v) is 10.9. The van der Waals surface area contributed by atoms with Crippen LogP contribution in [0.3, 0.4) is 0 Å². The van der Waals surface area contributed by atoms with E-state index in [0.717, 1.165) is 11.8 Å². The lowest BCUT2D eigenvalue weighted by Crippen LogP contribution is -2.47. The summed E-state index contributed by atoms with van der Waals surface area (Å²) in [5.74, 6) is -0.588. The van der Waals surface area contributed by atoms with Crippen LogP contribution in [0.15, 0.2) is 83.9 Å². The number of halogens is 6. The number of anilines is 3. The summed E-state index contributed by atoms with van der Waals surface area (Å²) < 4.78 is 84.2. The molecule has 0 spiro atoms. The van der Waals surface area contributed by atoms with Crippen molar-refractivity contribution in [3.63, 3.8) is 0 Å². The molecule has 1 saturated heterocycles. The van der Waals surface area contributed by atoms with E-state index in [-0.39, 0.29) is 39.7 Å². The molecule has 1 aliphatic rings. The van der Waals surface area contributed by atoms with Gasteiger partial charge in [0.2, 0.25) is 0 Å². The van der Waals surface area contributed by atoms with Crippen LogP contribution in [0, 0.1) is 0 Å². The molecule has 6 nitrogen and oxygen atoms in total. The molecule has 0 radical (unpaired) electrons. The third-order valence-corrected chi connectivity index (χ3v) is 7.64. The van der Waals surface area contributed by atoms with Gasteiger partial charge in [0.25, 0.3) is 0 Å². The second-order valence-electron chi connectivity index (χ2n) is 9.74. The molecule has 1 aliphatic heterocycles. The van der Waals surface area contributed by atoms with Gasteiger partial charge in [-0.3, -0.25) is 9.88 Å². The Labute approximate surface area is 247 Å². The van der Waals surface area contributed by atoms with E-state index in [2.05, 4.69) is 15.2 Å². The van der Waals surface area contributed by atoms with Crippen LogP contribution in [-0.4, -0.2) is 60.7 Å². The average molecular weight is 621 g/mol. The standard InChI is InChI=1S/C30H26F6N4O2S/c31-29(32,33)24-9-4-8-22-26(11-12-37-27(22)24)38-25-10-2-1-7-23(25)28(41)42-18-17-39-13-15-40(16-14-39)20-5-3-6-21(19-20)43-30(34,35)36/h1-12,19H,13-18H2,(H,37,38). The van der Waals surface area contributed by atoms with E-state index >= 15 is 0 Å². The smallest absolute Gasteiger partial charge is 0.446 e. The Bertz CT molecular complexity index is 1590. The van der Waals surface area contributed by atoms with Gasteiger partial charge in [0.05, 0.1) is 22.3 Å². The van der Waals surface area contributed by atoms with Crippen molar-refractivity contribution in [3.8, 4) is 0 Å². The van der Waals surface area contributed by atoms with Crippen molar-refractivity contribution in [1.82, 2.24) is 9.88 Å². The Hall–Kier alpha value is -3.97. The van der Waals surface area contributed by atoms with E-state index in [4.69, 9.17) is 4.74 Å². The number of esters is 1. The quantitative estimate of drug-likeness (QED) is 0.124. The summed E-state index contributed by atoms with van der Waals surface area (Å²) in [4.78, 5) is 21.2. The number of fused-ring (bicyclic) bond motifs is 1. The number of hydrogen-bond acceptors (Lipinski definition) is 7. The van der Waals surface area contributed by atoms with Crippen LogP contribution in [0.2, 0.25) is 0 Å². The summed E-state index contributed by atoms with van der Waals surface area (Å²) in [6, 6.07) is 18.3. The van der Waals surface area contributed by atoms with Crippen LogP contribution >= 0.6 is 11.8 Å². The van der Waals surface area contributed by atoms with E-state index in [1.807, 2.05) is 4.90 Å². The number of aromatic nitrogens is 1. The highest BCUT2D eigenvalue weighted by molar-refractivity contribution is 8.00. The summed E-state index contributed by atoms with van der Waals surface area (Å²) in [7, 11) is 0. The Balaban J connectivity index is 1.17. The van der Waals surface area contributed by atoms with Crippen molar-refractivity contribution < 1.29 is 35.9 Å². The minimum absolute atomic E-state index is 0.109. The SMILES string of the molecule is O=C(OCCN1CCN(c2cccc(SC(F)(F)F)c2)CC1)c1ccccc1Nc1ccnc2c(C(F)(F)F)cccc12. The maximum absolute atomic E-state index is 13.5. The number of pyridine rings is 1. The normalized spacial score (nSPS) is 14.6. The molecule has 0 aliphatic carbocycles. The summed E-state index contributed by atoms with van der Waals surface area (Å²) in [5, 5.41) is 3.32. The molecule has 0 unspecified atom stereocenters. The molecule has 0 bridgehead atoms. The molecule has 226 valence electrons. The maximum atomic E-state index is 13.5. The molecule has 0 amide bonds. The first-order chi connectivity index (χ1) is 20.5. The van der Waals surface area contributed by atoms with Crippen LogP contribution in [0.4, 0.5) is 43.4 Å². The molecule has 0 atom stereocenters. The molecule has 5 rings (SSSR count). The van der Waals surface area contributed by atoms with Gasteiger partial charge in [-0.15, -0.1) is 0 Å². The number of benzene rings is 3. The number of nitrogens with one attached hydrogen (secondary N) is 1. The van der Waals surface area contributed by atoms with Gasteiger partial charge in [-0.1, -0.05) is 30.3 Å². The van der Waals surface area contributed by atoms with E-state index in [0.29, 0.717) is 44.1 Å². The fraction of sp³-hybridized carbons (Fsp3) is 0.267. The zero-order chi connectivity index (χ0) is 30.6. The minimum Gasteiger partial charge on any atom is -0.461 e. The van der Waals surface area contributed by atoms with Gasteiger partial charge in [0.1, 0.15) is 6.61 Å². The lowest BCUT2D eigenvalue weighted by Gasteiger charge is -2.36. The number of alkyl halides is 6. The highest BCUT2D eigenvalue weighted by atomic mass is 32.2. The minimum atomic E-state index is -4.57. The molecule has 3 aromatic carbocycles. The molecular formula is C30H26F6N4O2S. The van der Waals surface area contributed by atoms with Gasteiger partial charge in [0, 0.05) is 60.6 Å². The van der Waals surface area contributed by atoms with E-state index in [1.165, 1.54) is 36.5 Å². The predicted molar refractivity (Wildman–Crippen MR) is 154 cm³/mol. The van der Waals surface area contributed by atoms with Gasteiger partial charge in [-0.05, 0) is 54.2 Å². The Kier molecular flexibility index (Phi) is 9.02. The molecule has 43 heavy (non-hydrogen) atoms. The third-order valence-electron chi connectivity index (χ3n) is 6.92. The lowest BCUT2D eigenvalue weighted by molar-refractivity contribution is -0.136. The number of thioether (sulfide) groups is 1. The van der Waals surface area contributed by atoms with Crippen molar-refractivity contribution in [2.24, 2.45) is 0 Å². The number of para-hydroxylation sites is 2. The second kappa shape index (κ2) is 12.7. The van der Waals surface area contributed by atoms with Crippen LogP contribution < -0.4 is 10.2 Å². The molecule has 0 saturated carbocycles. The molecule has 1 aromatic heterocycles. The Morgan fingerprint density at radius 1 is 0.884 bits per heavy atom. The van der Waals surface area contributed by atoms with Gasteiger partial charge in [-0.25, -0.2) is 4.79 Å². The zero-order valence-electron chi connectivity index (χ0n) is 22.6. The summed E-state index contributed by atoms with van der Waals surface area (Å²) in [6.07, 6.45) is -3.29. The number of ether oxygens (including phenoxy) is 1. The Morgan fingerprint density at radius 3 is 2.37 bits per heavy atom. The highest BCUT2D eigenvalue weighted by Crippen LogP contribution is 2.38. The van der Waals surface area contributed by atoms with Crippen LogP contribution in [0.1, 0.15) is 15.9 Å². The molecule has 2 heterocycles. The van der Waals surface area contributed by atoms with E-state index < -0.39 is 23.2 Å². The third kappa shape index (κ3) is 7.71. The molecule has 13 heteroatoms. The van der Waals surface area contributed by atoms with Crippen LogP contribution in [0.5, 0.6) is 0 Å². The number of nitrogens with zero attached hydrogens (tertiary/aromatic N) is 3. The van der Waals surface area contributed by atoms with Crippen LogP contribution in [-0.2, 0) is 10.9 Å². The summed E-state index contributed by atoms with van der Waals surface area (Å²) >= 11 is -0.139. The molecular weight excluding hydrogens is 594 g/mol. The van der Waals surface area contributed by atoms with Crippen molar-refractivity contribution >= 4 is 45.7 Å². The molecule has 4 aromatic rings. The average Bonchev–Trinajstić information content (AvgIpc) is 2.96. The van der Waals surface area contributed by atoms with Crippen molar-refractivity contribution in [2.45, 2.75) is 16.6 Å². The number of piperazine rings is 1. The van der Waals surface area contributed by atoms with Gasteiger partial charge >= 0.3 is 17.7 Å². The molecule has 1 fully saturated rings. The lowest BCUT2D eigenvalue weighted by atomic mass is 10.1. The van der Waals surface area contributed by atoms with Crippen molar-refractivity contribution in [3.05, 3.63) is 90.1 Å². The van der Waals surface area contributed by atoms with Gasteiger partial charge < -0.3 is 15.0 Å². The fourth-order valence-corrected chi connectivity index (χ4v) is 5.47. The van der Waals surface area contributed by atoms with Gasteiger partial charge in [-0.2, -0.15) is 26.3 Å². The number of hydrogen-bond donors (Lipinski definition) is 1. The van der Waals surface area contributed by atoms with Gasteiger partial charge in [0.15, 0.2) is 0 Å². The maximum Gasteiger partial charge on any atom is 0.446 e. The summed E-state index contributed by atoms with van der Waals surface area (Å²) in [5.41, 5.74) is -3.72. The number of carbonyl (C=O) groups excluding carboxylic acids is 1. The topological polar surface area (TPSA) is 57.7 Å². The summed E-state index contributed by atoms with van der Waals surface area (Å²) in [6.45, 7) is 3.07. The highest BCUT2D eigenvalue weighted by Gasteiger charge is 2.33. The first kappa shape index (κ1) is 30.5. The first-order valence-electron chi connectivity index (χ1n) is 13.3. The zero-order valence-corrected chi connectivity index (χ0v) is 23.4. The first-order valence-corrected chi connectivity index (χ1v) is 14.1. The van der Waals surface area contributed by atoms with Crippen molar-refractivity contribution in [1.29, 1.82) is 0 Å². The monoisotopic (exact) mass is 620 g/mol. The van der Waals surface area contributed by atoms with E-state index in [9.17, 15) is 31.1 Å². The van der Waals surface area contributed by atoms with E-state index in [1.54, 1.807) is 36.4 Å². The predicted octanol–water partition coefficient (Wildman–Crippen LogP) is 7.59. The number of carbonyl (C=O) groups is 1. The van der Waals surface area contributed by atoms with Crippen molar-refractivity contribution in [2.75, 3.05) is 49.5 Å². The largest absolute Gasteiger partial charge is 0.461 e.